The quantitative estimate of drug-likeness (QED) is 0.514. The maximum absolute atomic E-state index is 13.2. The lowest BCUT2D eigenvalue weighted by Crippen LogP contribution is -2.52. The van der Waals surface area contributed by atoms with Crippen molar-refractivity contribution in [1.82, 2.24) is 10.2 Å². The van der Waals surface area contributed by atoms with Gasteiger partial charge in [-0.15, -0.1) is 0 Å². The SMILES string of the molecule is CC[C@H](C)NC(=O)[C@H](CC)N(CCc1ccccc1)C(=O)COc1ccc(C(C)(C)C)cc1. The highest BCUT2D eigenvalue weighted by atomic mass is 16.5. The lowest BCUT2D eigenvalue weighted by atomic mass is 9.87. The molecule has 0 saturated heterocycles. The van der Waals surface area contributed by atoms with E-state index in [1.165, 1.54) is 5.56 Å². The number of hydrogen-bond acceptors (Lipinski definition) is 3. The van der Waals surface area contributed by atoms with Crippen LogP contribution < -0.4 is 10.1 Å². The number of nitrogens with one attached hydrogen (secondary N) is 1. The zero-order valence-corrected chi connectivity index (χ0v) is 21.1. The number of ether oxygens (including phenoxy) is 1. The molecule has 33 heavy (non-hydrogen) atoms. The van der Waals surface area contributed by atoms with Gasteiger partial charge >= 0.3 is 0 Å². The topological polar surface area (TPSA) is 58.6 Å². The highest BCUT2D eigenvalue weighted by Gasteiger charge is 2.29. The Morgan fingerprint density at radius 1 is 0.970 bits per heavy atom. The highest BCUT2D eigenvalue weighted by molar-refractivity contribution is 5.88. The third kappa shape index (κ3) is 8.23. The van der Waals surface area contributed by atoms with Crippen molar-refractivity contribution in [3.63, 3.8) is 0 Å². The van der Waals surface area contributed by atoms with Gasteiger partial charge < -0.3 is 15.0 Å². The maximum Gasteiger partial charge on any atom is 0.261 e. The monoisotopic (exact) mass is 452 g/mol. The summed E-state index contributed by atoms with van der Waals surface area (Å²) in [5.74, 6) is 0.358. The Kier molecular flexibility index (Phi) is 9.95. The molecular weight excluding hydrogens is 412 g/mol. The van der Waals surface area contributed by atoms with Gasteiger partial charge in [-0.25, -0.2) is 0 Å². The first-order valence-electron chi connectivity index (χ1n) is 12.0. The van der Waals surface area contributed by atoms with E-state index in [0.717, 1.165) is 12.0 Å². The van der Waals surface area contributed by atoms with Crippen molar-refractivity contribution in [3.05, 3.63) is 65.7 Å². The van der Waals surface area contributed by atoms with Crippen molar-refractivity contribution in [3.8, 4) is 5.75 Å². The van der Waals surface area contributed by atoms with Crippen LogP contribution in [0.15, 0.2) is 54.6 Å². The molecule has 2 aromatic carbocycles. The van der Waals surface area contributed by atoms with Crippen LogP contribution in [0.4, 0.5) is 0 Å². The van der Waals surface area contributed by atoms with Crippen molar-refractivity contribution in [1.29, 1.82) is 0 Å². The Labute approximate surface area is 199 Å². The van der Waals surface area contributed by atoms with Crippen molar-refractivity contribution in [2.45, 2.75) is 78.3 Å². The van der Waals surface area contributed by atoms with Gasteiger partial charge in [0.25, 0.3) is 5.91 Å². The molecule has 2 amide bonds. The predicted molar refractivity (Wildman–Crippen MR) is 134 cm³/mol. The average molecular weight is 453 g/mol. The largest absolute Gasteiger partial charge is 0.484 e. The molecule has 5 nitrogen and oxygen atoms in total. The standard InChI is InChI=1S/C28H40N2O3/c1-7-21(3)29-27(32)25(8-2)30(19-18-22-12-10-9-11-13-22)26(31)20-33-24-16-14-23(15-17-24)28(4,5)6/h9-17,21,25H,7-8,18-20H2,1-6H3,(H,29,32)/t21-,25-/m0/s1. The summed E-state index contributed by atoms with van der Waals surface area (Å²) in [7, 11) is 0. The van der Waals surface area contributed by atoms with E-state index in [0.29, 0.717) is 25.1 Å². The van der Waals surface area contributed by atoms with E-state index in [1.807, 2.05) is 75.4 Å². The molecule has 0 spiro atoms. The van der Waals surface area contributed by atoms with Crippen LogP contribution in [0, 0.1) is 0 Å². The van der Waals surface area contributed by atoms with Crippen LogP contribution >= 0.6 is 0 Å². The van der Waals surface area contributed by atoms with Crippen molar-refractivity contribution in [2.75, 3.05) is 13.2 Å². The minimum atomic E-state index is -0.526. The van der Waals surface area contributed by atoms with Gasteiger partial charge in [0.15, 0.2) is 6.61 Å². The van der Waals surface area contributed by atoms with E-state index in [1.54, 1.807) is 4.90 Å². The minimum absolute atomic E-state index is 0.0555. The van der Waals surface area contributed by atoms with E-state index >= 15 is 0 Å². The molecule has 0 heterocycles. The number of nitrogens with zero attached hydrogens (tertiary/aromatic N) is 1. The Bertz CT molecular complexity index is 872. The zero-order valence-electron chi connectivity index (χ0n) is 21.1. The summed E-state index contributed by atoms with van der Waals surface area (Å²) in [6, 6.07) is 17.4. The lowest BCUT2D eigenvalue weighted by molar-refractivity contribution is -0.142. The van der Waals surface area contributed by atoms with Crippen LogP contribution in [-0.4, -0.2) is 41.9 Å². The normalized spacial score (nSPS) is 13.2. The molecule has 5 heteroatoms. The number of benzene rings is 2. The zero-order chi connectivity index (χ0) is 24.4. The van der Waals surface area contributed by atoms with E-state index < -0.39 is 6.04 Å². The van der Waals surface area contributed by atoms with Gasteiger partial charge in [-0.05, 0) is 54.9 Å². The van der Waals surface area contributed by atoms with E-state index in [4.69, 9.17) is 4.74 Å². The Balaban J connectivity index is 2.12. The first-order chi connectivity index (χ1) is 15.7. The number of amides is 2. The molecule has 2 aromatic rings. The minimum Gasteiger partial charge on any atom is -0.484 e. The molecule has 0 aliphatic heterocycles. The van der Waals surface area contributed by atoms with Gasteiger partial charge in [-0.3, -0.25) is 9.59 Å². The van der Waals surface area contributed by atoms with Gasteiger partial charge in [0.2, 0.25) is 5.91 Å². The first-order valence-corrected chi connectivity index (χ1v) is 12.0. The van der Waals surface area contributed by atoms with Crippen LogP contribution in [0.5, 0.6) is 5.75 Å². The molecule has 0 aromatic heterocycles. The highest BCUT2D eigenvalue weighted by Crippen LogP contribution is 2.24. The van der Waals surface area contributed by atoms with E-state index in [2.05, 4.69) is 26.1 Å². The summed E-state index contributed by atoms with van der Waals surface area (Å²) in [5.41, 5.74) is 2.39. The van der Waals surface area contributed by atoms with E-state index in [9.17, 15) is 9.59 Å². The summed E-state index contributed by atoms with van der Waals surface area (Å²) in [6.45, 7) is 12.8. The van der Waals surface area contributed by atoms with Gasteiger partial charge in [0.1, 0.15) is 11.8 Å². The third-order valence-corrected chi connectivity index (χ3v) is 5.95. The summed E-state index contributed by atoms with van der Waals surface area (Å²) in [6.07, 6.45) is 2.07. The van der Waals surface area contributed by atoms with Gasteiger partial charge in [-0.2, -0.15) is 0 Å². The Morgan fingerprint density at radius 2 is 1.61 bits per heavy atom. The summed E-state index contributed by atoms with van der Waals surface area (Å²) < 4.78 is 5.82. The fourth-order valence-electron chi connectivity index (χ4n) is 3.62. The van der Waals surface area contributed by atoms with Crippen LogP contribution in [0.25, 0.3) is 0 Å². The second-order valence-electron chi connectivity index (χ2n) is 9.63. The summed E-state index contributed by atoms with van der Waals surface area (Å²) in [5, 5.41) is 3.03. The molecule has 180 valence electrons. The van der Waals surface area contributed by atoms with Crippen LogP contribution in [0.1, 0.15) is 65.5 Å². The number of carbonyl (C=O) groups is 2. The maximum atomic E-state index is 13.2. The average Bonchev–Trinajstić information content (AvgIpc) is 2.80. The molecule has 0 radical (unpaired) electrons. The molecule has 2 rings (SSSR count). The van der Waals surface area contributed by atoms with Gasteiger partial charge in [-0.1, -0.05) is 77.1 Å². The van der Waals surface area contributed by atoms with E-state index in [-0.39, 0.29) is 29.9 Å². The fraction of sp³-hybridized carbons (Fsp3) is 0.500. The van der Waals surface area contributed by atoms with Crippen LogP contribution in [0.2, 0.25) is 0 Å². The Morgan fingerprint density at radius 3 is 2.15 bits per heavy atom. The summed E-state index contributed by atoms with van der Waals surface area (Å²) >= 11 is 0. The van der Waals surface area contributed by atoms with Crippen LogP contribution in [0.3, 0.4) is 0 Å². The number of hydrogen-bond donors (Lipinski definition) is 1. The molecule has 0 aliphatic carbocycles. The Hall–Kier alpha value is -2.82. The smallest absolute Gasteiger partial charge is 0.261 e. The second kappa shape index (κ2) is 12.4. The molecule has 0 saturated carbocycles. The second-order valence-corrected chi connectivity index (χ2v) is 9.63. The molecule has 1 N–H and O–H groups in total. The predicted octanol–water partition coefficient (Wildman–Crippen LogP) is 5.13. The van der Waals surface area contributed by atoms with Crippen molar-refractivity contribution >= 4 is 11.8 Å². The third-order valence-electron chi connectivity index (χ3n) is 5.95. The first kappa shape index (κ1) is 26.4. The van der Waals surface area contributed by atoms with Gasteiger partial charge in [0.05, 0.1) is 0 Å². The number of rotatable bonds is 11. The van der Waals surface area contributed by atoms with Crippen molar-refractivity contribution in [2.24, 2.45) is 0 Å². The summed E-state index contributed by atoms with van der Waals surface area (Å²) in [4.78, 5) is 27.9. The lowest BCUT2D eigenvalue weighted by Gasteiger charge is -2.31. The number of carbonyl (C=O) groups excluding carboxylic acids is 2. The molecule has 0 bridgehead atoms. The molecule has 0 fully saturated rings. The van der Waals surface area contributed by atoms with Gasteiger partial charge in [0, 0.05) is 12.6 Å². The molecule has 2 atom stereocenters. The molecular formula is C28H40N2O3. The fourth-order valence-corrected chi connectivity index (χ4v) is 3.62. The van der Waals surface area contributed by atoms with Crippen molar-refractivity contribution < 1.29 is 14.3 Å². The molecule has 0 aliphatic rings. The molecule has 0 unspecified atom stereocenters. The van der Waals surface area contributed by atoms with Crippen LogP contribution in [-0.2, 0) is 21.4 Å².